The number of carbonyl (C=O) groups is 1. The van der Waals surface area contributed by atoms with Crippen LogP contribution in [0.1, 0.15) is 0 Å². The van der Waals surface area contributed by atoms with Gasteiger partial charge in [0.25, 0.3) is 11.3 Å². The van der Waals surface area contributed by atoms with Crippen LogP contribution in [0.2, 0.25) is 0 Å². The number of fused-ring (bicyclic) bond motifs is 1. The van der Waals surface area contributed by atoms with E-state index in [9.17, 15) is 13.6 Å². The summed E-state index contributed by atoms with van der Waals surface area (Å²) in [4.78, 5) is 10.4. The van der Waals surface area contributed by atoms with E-state index in [1.165, 1.54) is 0 Å². The van der Waals surface area contributed by atoms with Crippen molar-refractivity contribution in [3.63, 3.8) is 0 Å². The van der Waals surface area contributed by atoms with Crippen LogP contribution in [0.25, 0.3) is 11.0 Å². The number of carboxylic acid groups (broad SMARTS) is 1. The molecule has 1 aromatic carbocycles. The predicted octanol–water partition coefficient (Wildman–Crippen LogP) is 1.05. The van der Waals surface area contributed by atoms with E-state index in [0.29, 0.717) is 5.58 Å². The van der Waals surface area contributed by atoms with E-state index in [1.54, 1.807) is 12.1 Å². The molecule has 7 nitrogen and oxygen atoms in total. The Hall–Kier alpha value is -1.90. The normalized spacial score (nSPS) is 12.4. The molecule has 0 radical (unpaired) electrons. The lowest BCUT2D eigenvalue weighted by Crippen LogP contribution is -2.35. The summed E-state index contributed by atoms with van der Waals surface area (Å²) in [6.45, 7) is 0.192. The molecular formula is C12H14N2O5S. The van der Waals surface area contributed by atoms with Crippen LogP contribution in [0, 0.1) is 0 Å². The maximum absolute atomic E-state index is 11.3. The van der Waals surface area contributed by atoms with E-state index in [0.717, 1.165) is 9.69 Å². The lowest BCUT2D eigenvalue weighted by atomic mass is 10.3. The van der Waals surface area contributed by atoms with Gasteiger partial charge in [0.05, 0.1) is 6.54 Å². The summed E-state index contributed by atoms with van der Waals surface area (Å²) in [6, 6.07) is 8.92. The topological polar surface area (TPSA) is 103 Å². The van der Waals surface area contributed by atoms with Gasteiger partial charge in [0.15, 0.2) is 0 Å². The Bertz CT molecular complexity index is 594. The fourth-order valence-electron chi connectivity index (χ4n) is 1.73. The van der Waals surface area contributed by atoms with E-state index in [4.69, 9.17) is 9.52 Å². The van der Waals surface area contributed by atoms with Gasteiger partial charge in [0.1, 0.15) is 5.58 Å². The fourth-order valence-corrected chi connectivity index (χ4v) is 2.22. The third-order valence-corrected chi connectivity index (χ3v) is 3.35. The Labute approximate surface area is 117 Å². The molecule has 1 heterocycles. The monoisotopic (exact) mass is 298 g/mol. The van der Waals surface area contributed by atoms with Gasteiger partial charge in [-0.15, -0.1) is 0 Å². The summed E-state index contributed by atoms with van der Waals surface area (Å²) < 4.78 is 27.3. The summed E-state index contributed by atoms with van der Waals surface area (Å²) in [5, 5.41) is 12.0. The predicted molar refractivity (Wildman–Crippen MR) is 74.8 cm³/mol. The summed E-state index contributed by atoms with van der Waals surface area (Å²) in [5.41, 5.74) is 0.622. The minimum Gasteiger partial charge on any atom is -0.480 e. The highest BCUT2D eigenvalue weighted by atomic mass is 32.2. The molecule has 108 valence electrons. The first-order valence-electron chi connectivity index (χ1n) is 5.87. The number of benzene rings is 1. The number of anilines is 1. The van der Waals surface area contributed by atoms with E-state index < -0.39 is 17.2 Å². The van der Waals surface area contributed by atoms with Gasteiger partial charge in [-0.2, -0.15) is 0 Å². The molecule has 2 aromatic rings. The molecule has 0 aliphatic heterocycles. The number of furan rings is 1. The van der Waals surface area contributed by atoms with Crippen LogP contribution < -0.4 is 9.62 Å². The van der Waals surface area contributed by atoms with E-state index in [1.807, 2.05) is 18.2 Å². The van der Waals surface area contributed by atoms with E-state index in [-0.39, 0.29) is 25.5 Å². The van der Waals surface area contributed by atoms with E-state index >= 15 is 0 Å². The zero-order valence-corrected chi connectivity index (χ0v) is 11.3. The van der Waals surface area contributed by atoms with Crippen LogP contribution in [0.15, 0.2) is 34.7 Å². The molecule has 0 aliphatic carbocycles. The number of para-hydroxylation sites is 1. The molecule has 0 fully saturated rings. The summed E-state index contributed by atoms with van der Waals surface area (Å²) >= 11 is -2.24. The van der Waals surface area contributed by atoms with Crippen molar-refractivity contribution in [3.05, 3.63) is 30.3 Å². The lowest BCUT2D eigenvalue weighted by molar-refractivity contribution is -0.135. The van der Waals surface area contributed by atoms with Crippen LogP contribution >= 0.6 is 0 Å². The molecule has 20 heavy (non-hydrogen) atoms. The minimum absolute atomic E-state index is 0.149. The van der Waals surface area contributed by atoms with Crippen molar-refractivity contribution in [1.29, 1.82) is 0 Å². The fraction of sp³-hybridized carbons (Fsp3) is 0.250. The highest BCUT2D eigenvalue weighted by Gasteiger charge is 2.16. The molecule has 0 spiro atoms. The maximum atomic E-state index is 11.3. The molecule has 1 aromatic heterocycles. The van der Waals surface area contributed by atoms with Gasteiger partial charge in [-0.25, -0.2) is 8.51 Å². The second kappa shape index (κ2) is 6.51. The highest BCUT2D eigenvalue weighted by molar-refractivity contribution is 7.80. The van der Waals surface area contributed by atoms with Gasteiger partial charge >= 0.3 is 5.97 Å². The molecule has 0 saturated heterocycles. The van der Waals surface area contributed by atoms with Gasteiger partial charge in [-0.3, -0.25) is 9.35 Å². The Morgan fingerprint density at radius 1 is 1.40 bits per heavy atom. The Morgan fingerprint density at radius 2 is 2.15 bits per heavy atom. The first-order chi connectivity index (χ1) is 9.58. The molecule has 0 bridgehead atoms. The van der Waals surface area contributed by atoms with Crippen molar-refractivity contribution in [2.45, 2.75) is 0 Å². The van der Waals surface area contributed by atoms with Gasteiger partial charge in [0, 0.05) is 24.5 Å². The molecule has 2 rings (SSSR count). The largest absolute Gasteiger partial charge is 0.480 e. The Balaban J connectivity index is 2.08. The van der Waals surface area contributed by atoms with Crippen molar-refractivity contribution in [2.75, 3.05) is 23.9 Å². The number of rotatable bonds is 7. The van der Waals surface area contributed by atoms with Crippen molar-refractivity contribution in [1.82, 2.24) is 5.32 Å². The van der Waals surface area contributed by atoms with Gasteiger partial charge < -0.3 is 14.8 Å². The first-order valence-corrected chi connectivity index (χ1v) is 6.94. The van der Waals surface area contributed by atoms with Gasteiger partial charge in [-0.1, -0.05) is 18.2 Å². The number of carboxylic acids is 1. The zero-order valence-electron chi connectivity index (χ0n) is 10.5. The highest BCUT2D eigenvalue weighted by Crippen LogP contribution is 2.26. The molecule has 8 heteroatoms. The summed E-state index contributed by atoms with van der Waals surface area (Å²) in [6.07, 6.45) is 0. The standard InChI is InChI=1S/C12H14N2O5S/c15-12(16)8-13-5-6-14(20(17)18)11-7-9-3-1-2-4-10(9)19-11/h1-4,7,13H,5-6,8H2,(H,15,16)(H,17,18). The molecule has 0 amide bonds. The lowest BCUT2D eigenvalue weighted by Gasteiger charge is -2.16. The smallest absolute Gasteiger partial charge is 0.317 e. The number of aliphatic carboxylic acids is 1. The molecule has 3 N–H and O–H groups in total. The number of nitrogens with zero attached hydrogens (tertiary/aromatic N) is 1. The van der Waals surface area contributed by atoms with Crippen LogP contribution in [-0.4, -0.2) is 39.5 Å². The van der Waals surface area contributed by atoms with Crippen molar-refractivity contribution >= 4 is 34.1 Å². The van der Waals surface area contributed by atoms with Crippen LogP contribution in [0.5, 0.6) is 0 Å². The van der Waals surface area contributed by atoms with Crippen LogP contribution in [0.4, 0.5) is 5.88 Å². The van der Waals surface area contributed by atoms with Gasteiger partial charge in [-0.05, 0) is 6.07 Å². The number of hydrogen-bond donors (Lipinski definition) is 3. The van der Waals surface area contributed by atoms with E-state index in [2.05, 4.69) is 5.32 Å². The molecule has 1 atom stereocenters. The maximum Gasteiger partial charge on any atom is 0.317 e. The summed E-state index contributed by atoms with van der Waals surface area (Å²) in [7, 11) is 0. The average Bonchev–Trinajstić information content (AvgIpc) is 2.80. The third kappa shape index (κ3) is 3.56. The first kappa shape index (κ1) is 14.5. The number of nitrogens with one attached hydrogen (secondary N) is 1. The van der Waals surface area contributed by atoms with Gasteiger partial charge in [0.2, 0.25) is 5.88 Å². The minimum atomic E-state index is -2.24. The Kier molecular flexibility index (Phi) is 4.72. The van der Waals surface area contributed by atoms with Crippen molar-refractivity contribution in [2.24, 2.45) is 0 Å². The third-order valence-electron chi connectivity index (χ3n) is 2.61. The molecule has 0 aliphatic rings. The second-order valence-corrected chi connectivity index (χ2v) is 4.93. The molecule has 0 saturated carbocycles. The SMILES string of the molecule is O=C(O)CNCCN(c1cc2ccccc2o1)S(=O)O. The zero-order chi connectivity index (χ0) is 14.5. The number of hydrogen-bond acceptors (Lipinski definition) is 4. The molecular weight excluding hydrogens is 284 g/mol. The van der Waals surface area contributed by atoms with Crippen LogP contribution in [0.3, 0.4) is 0 Å². The van der Waals surface area contributed by atoms with Crippen molar-refractivity contribution < 1.29 is 23.1 Å². The molecule has 1 unspecified atom stereocenters. The second-order valence-electron chi connectivity index (χ2n) is 4.03. The Morgan fingerprint density at radius 3 is 2.80 bits per heavy atom. The van der Waals surface area contributed by atoms with Crippen LogP contribution in [-0.2, 0) is 16.1 Å². The quantitative estimate of drug-likeness (QED) is 0.521. The summed E-state index contributed by atoms with van der Waals surface area (Å²) in [5.74, 6) is -0.713. The average molecular weight is 298 g/mol. The van der Waals surface area contributed by atoms with Crippen molar-refractivity contribution in [3.8, 4) is 0 Å².